The monoisotopic (exact) mass is 280 g/mol. The molecule has 0 aliphatic rings. The molecule has 0 saturated heterocycles. The van der Waals surface area contributed by atoms with E-state index in [9.17, 15) is 10.1 Å². The van der Waals surface area contributed by atoms with Gasteiger partial charge in [-0.15, -0.1) is 11.3 Å². The number of nitro groups is 1. The average molecular weight is 280 g/mol. The first kappa shape index (κ1) is 13.1. The molecule has 0 bridgehead atoms. The van der Waals surface area contributed by atoms with Gasteiger partial charge in [0.1, 0.15) is 6.20 Å². The third kappa shape index (κ3) is 3.13. The van der Waals surface area contributed by atoms with Crippen LogP contribution in [0.5, 0.6) is 0 Å². The first-order valence-electron chi connectivity index (χ1n) is 5.44. The number of nitrogens with two attached hydrogens (primary N) is 1. The first-order chi connectivity index (χ1) is 9.08. The summed E-state index contributed by atoms with van der Waals surface area (Å²) < 4.78 is 0. The minimum Gasteiger partial charge on any atom is -0.378 e. The van der Waals surface area contributed by atoms with Gasteiger partial charge in [-0.3, -0.25) is 10.1 Å². The lowest BCUT2D eigenvalue weighted by Gasteiger charge is -2.15. The van der Waals surface area contributed by atoms with Crippen LogP contribution < -0.4 is 10.6 Å². The number of nitrogen functional groups attached to an aromatic ring is 1. The Bertz CT molecular complexity index is 573. The van der Waals surface area contributed by atoms with Gasteiger partial charge in [0.2, 0.25) is 11.8 Å². The number of anilines is 2. The molecular formula is C10H12N6O2S. The third-order valence-electron chi connectivity index (χ3n) is 2.47. The topological polar surface area (TPSA) is 111 Å². The maximum atomic E-state index is 10.6. The van der Waals surface area contributed by atoms with Crippen LogP contribution in [0.3, 0.4) is 0 Å². The average Bonchev–Trinajstić information content (AvgIpc) is 2.88. The summed E-state index contributed by atoms with van der Waals surface area (Å²) in [4.78, 5) is 23.8. The van der Waals surface area contributed by atoms with Gasteiger partial charge < -0.3 is 10.6 Å². The molecule has 2 N–H and O–H groups in total. The molecule has 9 heteroatoms. The molecule has 0 saturated carbocycles. The highest BCUT2D eigenvalue weighted by molar-refractivity contribution is 7.09. The maximum Gasteiger partial charge on any atom is 0.329 e. The molecule has 0 aliphatic carbocycles. The van der Waals surface area contributed by atoms with Crippen molar-refractivity contribution in [3.05, 3.63) is 32.9 Å². The van der Waals surface area contributed by atoms with E-state index >= 15 is 0 Å². The normalized spacial score (nSPS) is 10.4. The van der Waals surface area contributed by atoms with Crippen LogP contribution in [0.25, 0.3) is 0 Å². The highest BCUT2D eigenvalue weighted by Gasteiger charge is 2.15. The number of rotatable bonds is 5. The van der Waals surface area contributed by atoms with Crippen LogP contribution in [0, 0.1) is 10.1 Å². The van der Waals surface area contributed by atoms with Gasteiger partial charge in [0.25, 0.3) is 0 Å². The van der Waals surface area contributed by atoms with E-state index in [1.807, 2.05) is 5.38 Å². The van der Waals surface area contributed by atoms with E-state index < -0.39 is 4.92 Å². The zero-order valence-corrected chi connectivity index (χ0v) is 11.0. The standard InChI is InChI=1S/C10H12N6O2S/c1-15(4-2-8-12-3-5-19-8)10-13-6-7(16(17)18)9(11)14-10/h3,5-6H,2,4H2,1H3,(H2,11,13,14). The fraction of sp³-hybridized carbons (Fsp3) is 0.300. The van der Waals surface area contributed by atoms with Gasteiger partial charge in [-0.25, -0.2) is 9.97 Å². The molecule has 0 aliphatic heterocycles. The SMILES string of the molecule is CN(CCc1nccs1)c1ncc([N+](=O)[O-])c(N)n1. The highest BCUT2D eigenvalue weighted by atomic mass is 32.1. The van der Waals surface area contributed by atoms with E-state index in [2.05, 4.69) is 15.0 Å². The van der Waals surface area contributed by atoms with E-state index in [-0.39, 0.29) is 11.5 Å². The molecule has 2 rings (SSSR count). The molecule has 0 atom stereocenters. The van der Waals surface area contributed by atoms with Gasteiger partial charge in [0.05, 0.1) is 9.93 Å². The van der Waals surface area contributed by atoms with Gasteiger partial charge >= 0.3 is 5.69 Å². The summed E-state index contributed by atoms with van der Waals surface area (Å²) in [6.45, 7) is 0.658. The highest BCUT2D eigenvalue weighted by Crippen LogP contribution is 2.19. The second-order valence-corrected chi connectivity index (χ2v) is 4.77. The predicted molar refractivity (Wildman–Crippen MR) is 72.2 cm³/mol. The number of thiazole rings is 1. The Balaban J connectivity index is 2.05. The number of hydrogen-bond donors (Lipinski definition) is 1. The van der Waals surface area contributed by atoms with E-state index in [1.54, 1.807) is 29.5 Å². The number of aromatic nitrogens is 3. The van der Waals surface area contributed by atoms with Crippen molar-refractivity contribution in [2.24, 2.45) is 0 Å². The molecule has 0 radical (unpaired) electrons. The quantitative estimate of drug-likeness (QED) is 0.644. The summed E-state index contributed by atoms with van der Waals surface area (Å²) in [6, 6.07) is 0. The molecule has 2 aromatic rings. The molecule has 19 heavy (non-hydrogen) atoms. The smallest absolute Gasteiger partial charge is 0.329 e. The van der Waals surface area contributed by atoms with Crippen molar-refractivity contribution in [1.29, 1.82) is 0 Å². The van der Waals surface area contributed by atoms with Crippen LogP contribution >= 0.6 is 11.3 Å². The van der Waals surface area contributed by atoms with E-state index in [1.165, 1.54) is 0 Å². The second kappa shape index (κ2) is 5.57. The predicted octanol–water partition coefficient (Wildman–Crippen LogP) is 1.10. The fourth-order valence-corrected chi connectivity index (χ4v) is 2.05. The summed E-state index contributed by atoms with van der Waals surface area (Å²) >= 11 is 1.58. The Hall–Kier alpha value is -2.29. The molecule has 100 valence electrons. The zero-order chi connectivity index (χ0) is 13.8. The van der Waals surface area contributed by atoms with Gasteiger partial charge in [-0.05, 0) is 0 Å². The minimum atomic E-state index is -0.602. The van der Waals surface area contributed by atoms with E-state index in [0.717, 1.165) is 17.6 Å². The zero-order valence-electron chi connectivity index (χ0n) is 10.2. The molecule has 0 amide bonds. The molecule has 0 aromatic carbocycles. The van der Waals surface area contributed by atoms with Crippen LogP contribution in [-0.2, 0) is 6.42 Å². The largest absolute Gasteiger partial charge is 0.378 e. The molecule has 2 aromatic heterocycles. The molecule has 2 heterocycles. The molecule has 8 nitrogen and oxygen atoms in total. The van der Waals surface area contributed by atoms with E-state index in [0.29, 0.717) is 12.5 Å². The van der Waals surface area contributed by atoms with Gasteiger partial charge in [0, 0.05) is 31.6 Å². The number of nitrogens with zero attached hydrogens (tertiary/aromatic N) is 5. The lowest BCUT2D eigenvalue weighted by atomic mass is 10.4. The van der Waals surface area contributed by atoms with E-state index in [4.69, 9.17) is 5.73 Å². The minimum absolute atomic E-state index is 0.129. The Morgan fingerprint density at radius 3 is 2.89 bits per heavy atom. The van der Waals surface area contributed by atoms with Crippen molar-refractivity contribution < 1.29 is 4.92 Å². The second-order valence-electron chi connectivity index (χ2n) is 3.79. The number of hydrogen-bond acceptors (Lipinski definition) is 8. The van der Waals surface area contributed by atoms with Crippen molar-refractivity contribution in [2.45, 2.75) is 6.42 Å². The summed E-state index contributed by atoms with van der Waals surface area (Å²) in [5.41, 5.74) is 5.24. The van der Waals surface area contributed by atoms with Crippen molar-refractivity contribution in [2.75, 3.05) is 24.2 Å². The lowest BCUT2D eigenvalue weighted by Crippen LogP contribution is -2.23. The fourth-order valence-electron chi connectivity index (χ4n) is 1.44. The molecular weight excluding hydrogens is 268 g/mol. The molecule has 0 spiro atoms. The van der Waals surface area contributed by atoms with Crippen molar-refractivity contribution in [3.8, 4) is 0 Å². The summed E-state index contributed by atoms with van der Waals surface area (Å²) in [7, 11) is 1.80. The van der Waals surface area contributed by atoms with Crippen molar-refractivity contribution in [1.82, 2.24) is 15.0 Å². The Labute approximate surface area is 113 Å². The van der Waals surface area contributed by atoms with Crippen LogP contribution in [0.1, 0.15) is 5.01 Å². The van der Waals surface area contributed by atoms with Crippen LogP contribution in [0.4, 0.5) is 17.5 Å². The summed E-state index contributed by atoms with van der Waals surface area (Å²) in [6.07, 6.45) is 3.63. The van der Waals surface area contributed by atoms with Crippen molar-refractivity contribution >= 4 is 28.8 Å². The lowest BCUT2D eigenvalue weighted by molar-refractivity contribution is -0.384. The van der Waals surface area contributed by atoms with Gasteiger partial charge in [-0.1, -0.05) is 0 Å². The first-order valence-corrected chi connectivity index (χ1v) is 6.32. The van der Waals surface area contributed by atoms with Crippen molar-refractivity contribution in [3.63, 3.8) is 0 Å². The molecule has 0 fully saturated rings. The maximum absolute atomic E-state index is 10.6. The van der Waals surface area contributed by atoms with Crippen LogP contribution in [0.2, 0.25) is 0 Å². The third-order valence-corrected chi connectivity index (χ3v) is 3.31. The Morgan fingerprint density at radius 2 is 2.32 bits per heavy atom. The summed E-state index contributed by atoms with van der Waals surface area (Å²) in [5.74, 6) is 0.232. The summed E-state index contributed by atoms with van der Waals surface area (Å²) in [5, 5.41) is 13.5. The molecule has 0 unspecified atom stereocenters. The van der Waals surface area contributed by atoms with Crippen LogP contribution in [-0.4, -0.2) is 33.5 Å². The van der Waals surface area contributed by atoms with Gasteiger partial charge in [-0.2, -0.15) is 4.98 Å². The van der Waals surface area contributed by atoms with Gasteiger partial charge in [0.15, 0.2) is 0 Å². The Morgan fingerprint density at radius 1 is 1.53 bits per heavy atom. The Kier molecular flexibility index (Phi) is 3.85. The number of likely N-dealkylation sites (N-methyl/N-ethyl adjacent to an activating group) is 1. The van der Waals surface area contributed by atoms with Crippen LogP contribution in [0.15, 0.2) is 17.8 Å².